The third-order valence-corrected chi connectivity index (χ3v) is 3.01. The maximum Gasteiger partial charge on any atom is 0.169 e. The van der Waals surface area contributed by atoms with E-state index in [0.717, 1.165) is 12.8 Å². The largest absolute Gasteiger partial charge is 0.347 e. The van der Waals surface area contributed by atoms with Crippen molar-refractivity contribution in [3.8, 4) is 0 Å². The second kappa shape index (κ2) is 3.81. The van der Waals surface area contributed by atoms with Crippen molar-refractivity contribution in [3.63, 3.8) is 0 Å². The van der Waals surface area contributed by atoms with Crippen LogP contribution in [-0.2, 0) is 9.47 Å². The van der Waals surface area contributed by atoms with Crippen molar-refractivity contribution in [2.45, 2.75) is 50.4 Å². The van der Waals surface area contributed by atoms with Gasteiger partial charge < -0.3 is 9.47 Å². The molecule has 1 aliphatic carbocycles. The summed E-state index contributed by atoms with van der Waals surface area (Å²) >= 11 is 0. The molecule has 1 saturated carbocycles. The molecule has 0 radical (unpaired) electrons. The first kappa shape index (κ1) is 9.22. The highest BCUT2D eigenvalue weighted by atomic mass is 16.7. The van der Waals surface area contributed by atoms with E-state index in [-0.39, 0.29) is 11.9 Å². The lowest BCUT2D eigenvalue weighted by Crippen LogP contribution is -2.29. The van der Waals surface area contributed by atoms with Crippen molar-refractivity contribution >= 4 is 0 Å². The zero-order valence-electron chi connectivity index (χ0n) is 8.13. The van der Waals surface area contributed by atoms with Crippen LogP contribution in [0.5, 0.6) is 0 Å². The Morgan fingerprint density at radius 3 is 2.38 bits per heavy atom. The number of rotatable bonds is 1. The van der Waals surface area contributed by atoms with E-state index in [2.05, 4.69) is 6.58 Å². The number of hydrogen-bond donors (Lipinski definition) is 0. The molecule has 13 heavy (non-hydrogen) atoms. The zero-order chi connectivity index (χ0) is 9.15. The van der Waals surface area contributed by atoms with Gasteiger partial charge in [0.25, 0.3) is 0 Å². The Labute approximate surface area is 79.9 Å². The lowest BCUT2D eigenvalue weighted by atomic mass is 10.1. The Bertz CT molecular complexity index is 181. The number of hydrogen-bond acceptors (Lipinski definition) is 2. The van der Waals surface area contributed by atoms with E-state index in [1.165, 1.54) is 25.7 Å². The van der Waals surface area contributed by atoms with Crippen molar-refractivity contribution in [2.75, 3.05) is 6.61 Å². The molecule has 2 rings (SSSR count). The van der Waals surface area contributed by atoms with E-state index in [0.29, 0.717) is 6.61 Å². The fraction of sp³-hybridized carbons (Fsp3) is 0.818. The van der Waals surface area contributed by atoms with Gasteiger partial charge in [0.2, 0.25) is 0 Å². The standard InChI is InChI=1S/C11H18O2/c1-2-10-9-12-11(13-10)7-5-3-4-6-8-11/h2,10H,1,3-9H2. The molecule has 1 aliphatic heterocycles. The smallest absolute Gasteiger partial charge is 0.169 e. The Morgan fingerprint density at radius 1 is 1.15 bits per heavy atom. The lowest BCUT2D eigenvalue weighted by molar-refractivity contribution is -0.171. The molecule has 1 saturated heterocycles. The van der Waals surface area contributed by atoms with Crippen LogP contribution >= 0.6 is 0 Å². The molecule has 0 amide bonds. The summed E-state index contributed by atoms with van der Waals surface area (Å²) in [5, 5.41) is 0. The molecule has 0 aromatic rings. The molecule has 1 heterocycles. The van der Waals surface area contributed by atoms with E-state index < -0.39 is 0 Å². The highest BCUT2D eigenvalue weighted by Crippen LogP contribution is 2.36. The summed E-state index contributed by atoms with van der Waals surface area (Å²) in [6.07, 6.45) is 9.24. The van der Waals surface area contributed by atoms with Gasteiger partial charge >= 0.3 is 0 Å². The Hall–Kier alpha value is -0.340. The fourth-order valence-electron chi connectivity index (χ4n) is 2.22. The van der Waals surface area contributed by atoms with Gasteiger partial charge in [-0.25, -0.2) is 0 Å². The van der Waals surface area contributed by atoms with Crippen molar-refractivity contribution in [1.29, 1.82) is 0 Å². The van der Waals surface area contributed by atoms with E-state index >= 15 is 0 Å². The van der Waals surface area contributed by atoms with Crippen molar-refractivity contribution in [1.82, 2.24) is 0 Å². The van der Waals surface area contributed by atoms with Crippen LogP contribution in [0.15, 0.2) is 12.7 Å². The average Bonchev–Trinajstić information content (AvgIpc) is 2.40. The van der Waals surface area contributed by atoms with E-state index in [9.17, 15) is 0 Å². The Balaban J connectivity index is 1.98. The topological polar surface area (TPSA) is 18.5 Å². The first-order valence-electron chi connectivity index (χ1n) is 5.29. The van der Waals surface area contributed by atoms with Crippen LogP contribution in [0.4, 0.5) is 0 Å². The fourth-order valence-corrected chi connectivity index (χ4v) is 2.22. The molecular weight excluding hydrogens is 164 g/mol. The first-order chi connectivity index (χ1) is 6.35. The summed E-state index contributed by atoms with van der Waals surface area (Å²) in [4.78, 5) is 0. The molecule has 2 fully saturated rings. The highest BCUT2D eigenvalue weighted by molar-refractivity contribution is 4.89. The summed E-state index contributed by atoms with van der Waals surface area (Å²) in [6, 6.07) is 0. The van der Waals surface area contributed by atoms with Crippen molar-refractivity contribution < 1.29 is 9.47 Å². The molecule has 0 aromatic carbocycles. The van der Waals surface area contributed by atoms with Crippen molar-refractivity contribution in [3.05, 3.63) is 12.7 Å². The molecule has 1 atom stereocenters. The van der Waals surface area contributed by atoms with Crippen LogP contribution in [0.2, 0.25) is 0 Å². The van der Waals surface area contributed by atoms with E-state index in [4.69, 9.17) is 9.47 Å². The molecule has 0 bridgehead atoms. The van der Waals surface area contributed by atoms with Gasteiger partial charge in [0.1, 0.15) is 6.10 Å². The van der Waals surface area contributed by atoms with Crippen LogP contribution in [0.3, 0.4) is 0 Å². The van der Waals surface area contributed by atoms with Crippen LogP contribution in [-0.4, -0.2) is 18.5 Å². The SMILES string of the molecule is C=CC1COC2(CCCCCC2)O1. The van der Waals surface area contributed by atoms with Gasteiger partial charge in [0, 0.05) is 12.8 Å². The number of ether oxygens (including phenoxy) is 2. The Kier molecular flexibility index (Phi) is 2.70. The summed E-state index contributed by atoms with van der Waals surface area (Å²) in [5.41, 5.74) is 0. The van der Waals surface area contributed by atoms with E-state index in [1.807, 2.05) is 6.08 Å². The minimum absolute atomic E-state index is 0.123. The summed E-state index contributed by atoms with van der Waals surface area (Å²) in [7, 11) is 0. The molecule has 74 valence electrons. The minimum Gasteiger partial charge on any atom is -0.347 e. The highest BCUT2D eigenvalue weighted by Gasteiger charge is 2.40. The normalized spacial score (nSPS) is 33.1. The van der Waals surface area contributed by atoms with Gasteiger partial charge in [0.05, 0.1) is 6.61 Å². The molecule has 1 spiro atoms. The van der Waals surface area contributed by atoms with Crippen LogP contribution in [0, 0.1) is 0 Å². The second-order valence-electron chi connectivity index (χ2n) is 4.03. The maximum atomic E-state index is 5.88. The molecule has 0 aromatic heterocycles. The van der Waals surface area contributed by atoms with Gasteiger partial charge in [-0.1, -0.05) is 18.9 Å². The summed E-state index contributed by atoms with van der Waals surface area (Å²) in [6.45, 7) is 4.44. The molecular formula is C11H18O2. The molecule has 1 unspecified atom stereocenters. The molecule has 0 N–H and O–H groups in total. The molecule has 2 nitrogen and oxygen atoms in total. The summed E-state index contributed by atoms with van der Waals surface area (Å²) in [5.74, 6) is -0.241. The predicted molar refractivity (Wildman–Crippen MR) is 51.5 cm³/mol. The third kappa shape index (κ3) is 1.94. The quantitative estimate of drug-likeness (QED) is 0.580. The lowest BCUT2D eigenvalue weighted by Gasteiger charge is -2.25. The van der Waals surface area contributed by atoms with Crippen LogP contribution in [0.1, 0.15) is 38.5 Å². The summed E-state index contributed by atoms with van der Waals surface area (Å²) < 4.78 is 11.7. The van der Waals surface area contributed by atoms with E-state index in [1.54, 1.807) is 0 Å². The van der Waals surface area contributed by atoms with Gasteiger partial charge in [0.15, 0.2) is 5.79 Å². The van der Waals surface area contributed by atoms with Gasteiger partial charge in [-0.3, -0.25) is 0 Å². The minimum atomic E-state index is -0.241. The van der Waals surface area contributed by atoms with Gasteiger partial charge in [-0.05, 0) is 12.8 Å². The van der Waals surface area contributed by atoms with Crippen molar-refractivity contribution in [2.24, 2.45) is 0 Å². The molecule has 2 aliphatic rings. The van der Waals surface area contributed by atoms with Crippen LogP contribution < -0.4 is 0 Å². The Morgan fingerprint density at radius 2 is 1.85 bits per heavy atom. The van der Waals surface area contributed by atoms with Gasteiger partial charge in [-0.15, -0.1) is 6.58 Å². The monoisotopic (exact) mass is 182 g/mol. The van der Waals surface area contributed by atoms with Crippen LogP contribution in [0.25, 0.3) is 0 Å². The predicted octanol–water partition coefficient (Wildman–Crippen LogP) is 2.64. The third-order valence-electron chi connectivity index (χ3n) is 3.01. The molecule has 2 heteroatoms. The first-order valence-corrected chi connectivity index (χ1v) is 5.29. The maximum absolute atomic E-state index is 5.88. The second-order valence-corrected chi connectivity index (χ2v) is 4.03. The zero-order valence-corrected chi connectivity index (χ0v) is 8.13. The average molecular weight is 182 g/mol. The van der Waals surface area contributed by atoms with Gasteiger partial charge in [-0.2, -0.15) is 0 Å².